The summed E-state index contributed by atoms with van der Waals surface area (Å²) in [4.78, 5) is 11.9. The van der Waals surface area contributed by atoms with Crippen LogP contribution in [0.15, 0.2) is 11.4 Å². The number of hydrogen-bond acceptors (Lipinski definition) is 6. The van der Waals surface area contributed by atoms with Gasteiger partial charge in [0, 0.05) is 12.7 Å². The third-order valence-corrected chi connectivity index (χ3v) is 5.66. The Morgan fingerprint density at radius 3 is 3.00 bits per heavy atom. The van der Waals surface area contributed by atoms with Gasteiger partial charge < -0.3 is 11.1 Å². The number of anilines is 1. The Hall–Kier alpha value is -1.87. The Kier molecular flexibility index (Phi) is 3.25. The minimum Gasteiger partial charge on any atom is -0.369 e. The molecule has 0 aliphatic carbocycles. The highest BCUT2D eigenvalue weighted by atomic mass is 32.2. The second kappa shape index (κ2) is 4.85. The van der Waals surface area contributed by atoms with Crippen LogP contribution in [0.25, 0.3) is 10.6 Å². The maximum Gasteiger partial charge on any atom is 0.221 e. The molecule has 1 atom stereocenters. The van der Waals surface area contributed by atoms with E-state index in [0.29, 0.717) is 17.8 Å². The molecule has 4 N–H and O–H groups in total. The summed E-state index contributed by atoms with van der Waals surface area (Å²) in [5.74, 6) is -0.413. The lowest BCUT2D eigenvalue weighted by Gasteiger charge is -2.09. The molecule has 1 aliphatic heterocycles. The minimum atomic E-state index is -3.18. The van der Waals surface area contributed by atoms with Crippen molar-refractivity contribution in [3.05, 3.63) is 22.7 Å². The Balaban J connectivity index is 1.98. The molecular weight excluding hydrogens is 312 g/mol. The standard InChI is InChI=1S/C12H14N4O3S2/c1-21(18,19)9-5-7-10(14-9)11(16-15-7)12-6(2-3-20-12)4-8(13)17/h2-3,9,14H,4-5H2,1H3,(H2,13,17)(H,15,16). The summed E-state index contributed by atoms with van der Waals surface area (Å²) in [5, 5.41) is 11.3. The van der Waals surface area contributed by atoms with Gasteiger partial charge in [0.25, 0.3) is 0 Å². The first kappa shape index (κ1) is 14.1. The summed E-state index contributed by atoms with van der Waals surface area (Å²) in [7, 11) is -3.18. The molecule has 112 valence electrons. The third kappa shape index (κ3) is 2.54. The Bertz CT molecular complexity index is 806. The smallest absolute Gasteiger partial charge is 0.221 e. The number of nitrogens with two attached hydrogens (primary N) is 1. The molecule has 21 heavy (non-hydrogen) atoms. The SMILES string of the molecule is CS(=O)(=O)C1Cc2[nH]nc(-c3sccc3CC(N)=O)c2N1. The molecule has 7 nitrogen and oxygen atoms in total. The van der Waals surface area contributed by atoms with E-state index < -0.39 is 21.1 Å². The maximum atomic E-state index is 11.7. The number of aromatic nitrogens is 2. The van der Waals surface area contributed by atoms with E-state index >= 15 is 0 Å². The van der Waals surface area contributed by atoms with Gasteiger partial charge in [-0.1, -0.05) is 0 Å². The van der Waals surface area contributed by atoms with E-state index in [1.54, 1.807) is 0 Å². The number of carbonyl (C=O) groups excluding carboxylic acids is 1. The fraction of sp³-hybridized carbons (Fsp3) is 0.333. The number of aromatic amines is 1. The number of fused-ring (bicyclic) bond motifs is 1. The summed E-state index contributed by atoms with van der Waals surface area (Å²) in [6, 6.07) is 1.83. The highest BCUT2D eigenvalue weighted by Gasteiger charge is 2.33. The van der Waals surface area contributed by atoms with E-state index in [1.165, 1.54) is 17.6 Å². The van der Waals surface area contributed by atoms with Gasteiger partial charge in [0.2, 0.25) is 5.91 Å². The van der Waals surface area contributed by atoms with Crippen LogP contribution in [0.1, 0.15) is 11.3 Å². The van der Waals surface area contributed by atoms with Gasteiger partial charge >= 0.3 is 0 Å². The van der Waals surface area contributed by atoms with Crippen LogP contribution in [-0.2, 0) is 27.5 Å². The molecule has 0 fully saturated rings. The summed E-state index contributed by atoms with van der Waals surface area (Å²) >= 11 is 1.44. The predicted molar refractivity (Wildman–Crippen MR) is 80.8 cm³/mol. The van der Waals surface area contributed by atoms with Gasteiger partial charge in [-0.2, -0.15) is 5.10 Å². The molecule has 2 aromatic rings. The molecule has 0 bridgehead atoms. The summed E-state index contributed by atoms with van der Waals surface area (Å²) in [6.07, 6.45) is 1.70. The van der Waals surface area contributed by atoms with E-state index in [0.717, 1.165) is 16.1 Å². The van der Waals surface area contributed by atoms with Crippen molar-refractivity contribution in [2.45, 2.75) is 18.2 Å². The van der Waals surface area contributed by atoms with E-state index in [9.17, 15) is 13.2 Å². The number of thiophene rings is 1. The van der Waals surface area contributed by atoms with Crippen LogP contribution in [0.5, 0.6) is 0 Å². The van der Waals surface area contributed by atoms with Gasteiger partial charge in [-0.3, -0.25) is 9.89 Å². The Labute approximate surface area is 125 Å². The lowest BCUT2D eigenvalue weighted by molar-refractivity contribution is -0.117. The number of nitrogens with zero attached hydrogens (tertiary/aromatic N) is 1. The number of H-pyrrole nitrogens is 1. The molecule has 1 unspecified atom stereocenters. The first-order valence-electron chi connectivity index (χ1n) is 6.24. The average molecular weight is 326 g/mol. The lowest BCUT2D eigenvalue weighted by atomic mass is 10.1. The topological polar surface area (TPSA) is 118 Å². The zero-order chi connectivity index (χ0) is 15.2. The van der Waals surface area contributed by atoms with Gasteiger partial charge in [0.05, 0.1) is 22.7 Å². The zero-order valence-corrected chi connectivity index (χ0v) is 12.8. The molecule has 0 saturated carbocycles. The number of primary amides is 1. The number of carbonyl (C=O) groups is 1. The largest absolute Gasteiger partial charge is 0.369 e. The van der Waals surface area contributed by atoms with Crippen molar-refractivity contribution in [2.75, 3.05) is 11.6 Å². The molecule has 3 rings (SSSR count). The van der Waals surface area contributed by atoms with Crippen LogP contribution in [0.4, 0.5) is 5.69 Å². The zero-order valence-electron chi connectivity index (χ0n) is 11.2. The normalized spacial score (nSPS) is 17.5. The van der Waals surface area contributed by atoms with E-state index in [2.05, 4.69) is 15.5 Å². The molecule has 1 aliphatic rings. The number of amides is 1. The predicted octanol–water partition coefficient (Wildman–Crippen LogP) is 0.505. The number of sulfone groups is 1. The van der Waals surface area contributed by atoms with E-state index in [-0.39, 0.29) is 6.42 Å². The Morgan fingerprint density at radius 1 is 1.57 bits per heavy atom. The minimum absolute atomic E-state index is 0.135. The van der Waals surface area contributed by atoms with Gasteiger partial charge in [-0.15, -0.1) is 11.3 Å². The first-order chi connectivity index (χ1) is 9.86. The average Bonchev–Trinajstić information content (AvgIpc) is 3.00. The van der Waals surface area contributed by atoms with E-state index in [4.69, 9.17) is 5.73 Å². The molecule has 1 amide bonds. The fourth-order valence-corrected chi connectivity index (χ4v) is 4.09. The molecule has 2 aromatic heterocycles. The van der Waals surface area contributed by atoms with Crippen molar-refractivity contribution in [2.24, 2.45) is 5.73 Å². The van der Waals surface area contributed by atoms with Crippen molar-refractivity contribution in [3.63, 3.8) is 0 Å². The van der Waals surface area contributed by atoms with Gasteiger partial charge in [-0.25, -0.2) is 8.42 Å². The second-order valence-corrected chi connectivity index (χ2v) is 8.15. The molecule has 0 saturated heterocycles. The van der Waals surface area contributed by atoms with Crippen molar-refractivity contribution in [1.82, 2.24) is 10.2 Å². The monoisotopic (exact) mass is 326 g/mol. The van der Waals surface area contributed by atoms with Crippen molar-refractivity contribution < 1.29 is 13.2 Å². The highest BCUT2D eigenvalue weighted by molar-refractivity contribution is 7.91. The van der Waals surface area contributed by atoms with Crippen molar-refractivity contribution >= 4 is 32.8 Å². The molecule has 0 spiro atoms. The van der Waals surface area contributed by atoms with Crippen molar-refractivity contribution in [1.29, 1.82) is 0 Å². The van der Waals surface area contributed by atoms with Crippen LogP contribution in [-0.4, -0.2) is 36.2 Å². The summed E-state index contributed by atoms with van der Waals surface area (Å²) in [6.45, 7) is 0. The molecule has 0 aromatic carbocycles. The highest BCUT2D eigenvalue weighted by Crippen LogP contribution is 2.39. The van der Waals surface area contributed by atoms with E-state index in [1.807, 2.05) is 11.4 Å². The number of nitrogens with one attached hydrogen (secondary N) is 2. The number of hydrogen-bond donors (Lipinski definition) is 3. The maximum absolute atomic E-state index is 11.7. The Morgan fingerprint density at radius 2 is 2.33 bits per heavy atom. The van der Waals surface area contributed by atoms with Crippen LogP contribution >= 0.6 is 11.3 Å². The lowest BCUT2D eigenvalue weighted by Crippen LogP contribution is -2.26. The van der Waals surface area contributed by atoms with Gasteiger partial charge in [-0.05, 0) is 17.0 Å². The van der Waals surface area contributed by atoms with Crippen LogP contribution in [0.2, 0.25) is 0 Å². The third-order valence-electron chi connectivity index (χ3n) is 3.38. The quantitative estimate of drug-likeness (QED) is 0.756. The van der Waals surface area contributed by atoms with Crippen LogP contribution in [0.3, 0.4) is 0 Å². The molecular formula is C12H14N4O3S2. The second-order valence-electron chi connectivity index (χ2n) is 5.01. The van der Waals surface area contributed by atoms with Gasteiger partial charge in [0.15, 0.2) is 9.84 Å². The van der Waals surface area contributed by atoms with Gasteiger partial charge in [0.1, 0.15) is 11.1 Å². The fourth-order valence-electron chi connectivity index (χ4n) is 2.37. The summed E-state index contributed by atoms with van der Waals surface area (Å²) < 4.78 is 23.3. The van der Waals surface area contributed by atoms with Crippen LogP contribution in [0, 0.1) is 0 Å². The molecule has 0 radical (unpaired) electrons. The number of rotatable bonds is 4. The van der Waals surface area contributed by atoms with Crippen molar-refractivity contribution in [3.8, 4) is 10.6 Å². The summed E-state index contributed by atoms with van der Waals surface area (Å²) in [5.41, 5.74) is 8.14. The molecule has 3 heterocycles. The van der Waals surface area contributed by atoms with Crippen LogP contribution < -0.4 is 11.1 Å². The molecule has 9 heteroatoms. The first-order valence-corrected chi connectivity index (χ1v) is 9.07.